The van der Waals surface area contributed by atoms with Crippen LogP contribution in [-0.4, -0.2) is 56.5 Å². The average molecular weight is 457 g/mol. The third-order valence-corrected chi connectivity index (χ3v) is 8.22. The van der Waals surface area contributed by atoms with Gasteiger partial charge in [-0.15, -0.1) is 0 Å². The van der Waals surface area contributed by atoms with Gasteiger partial charge in [0.15, 0.2) is 0 Å². The normalized spacial score (nSPS) is 20.5. The Morgan fingerprint density at radius 1 is 0.931 bits per heavy atom. The topological polar surface area (TPSA) is 181 Å². The molecular formula is C17H32N2O8S2. The molecule has 170 valence electrons. The van der Waals surface area contributed by atoms with Crippen LogP contribution in [0.25, 0.3) is 0 Å². The van der Waals surface area contributed by atoms with Gasteiger partial charge in [-0.05, 0) is 39.5 Å². The third kappa shape index (κ3) is 8.57. The summed E-state index contributed by atoms with van der Waals surface area (Å²) in [5.74, 6) is -4.10. The highest BCUT2D eigenvalue weighted by Gasteiger charge is 2.41. The van der Waals surface area contributed by atoms with Crippen molar-refractivity contribution < 1.29 is 36.6 Å². The summed E-state index contributed by atoms with van der Waals surface area (Å²) >= 11 is 0. The number of hydrogen-bond donors (Lipinski definition) is 4. The Kier molecular flexibility index (Phi) is 8.64. The molecule has 5 N–H and O–H groups in total. The second-order valence-corrected chi connectivity index (χ2v) is 12.0. The molecule has 1 fully saturated rings. The highest BCUT2D eigenvalue weighted by Crippen LogP contribution is 2.32. The van der Waals surface area contributed by atoms with Gasteiger partial charge in [-0.25, -0.2) is 26.7 Å². The van der Waals surface area contributed by atoms with E-state index in [4.69, 9.17) is 5.14 Å². The fourth-order valence-corrected chi connectivity index (χ4v) is 6.82. The number of sulfonamides is 2. The van der Waals surface area contributed by atoms with E-state index in [1.165, 1.54) is 13.8 Å². The highest BCUT2D eigenvalue weighted by molar-refractivity contribution is 7.89. The van der Waals surface area contributed by atoms with Crippen LogP contribution in [-0.2, 0) is 29.6 Å². The second kappa shape index (κ2) is 9.71. The van der Waals surface area contributed by atoms with Crippen LogP contribution in [0.5, 0.6) is 0 Å². The molecule has 12 heteroatoms. The molecular weight excluding hydrogens is 424 g/mol. The van der Waals surface area contributed by atoms with E-state index in [0.717, 1.165) is 19.3 Å². The van der Waals surface area contributed by atoms with E-state index in [0.29, 0.717) is 12.8 Å². The zero-order chi connectivity index (χ0) is 22.5. The molecule has 0 aromatic rings. The summed E-state index contributed by atoms with van der Waals surface area (Å²) in [7, 11) is -7.92. The monoisotopic (exact) mass is 456 g/mol. The molecule has 10 nitrogen and oxygen atoms in total. The first-order valence-electron chi connectivity index (χ1n) is 9.56. The van der Waals surface area contributed by atoms with E-state index < -0.39 is 54.3 Å². The Balaban J connectivity index is 2.82. The molecule has 0 aromatic carbocycles. The molecule has 2 unspecified atom stereocenters. The average Bonchev–Trinajstić information content (AvgIpc) is 2.52. The van der Waals surface area contributed by atoms with Crippen molar-refractivity contribution in [3.63, 3.8) is 0 Å². The molecule has 0 bridgehead atoms. The van der Waals surface area contributed by atoms with E-state index in [1.54, 1.807) is 0 Å². The SMILES string of the molecule is CC(CCCC(C)(CS(=O)(=O)NC1CCCCC1)C(=O)O)(CS(N)(=O)=O)C(=O)O. The van der Waals surface area contributed by atoms with Crippen LogP contribution in [0, 0.1) is 10.8 Å². The van der Waals surface area contributed by atoms with Crippen molar-refractivity contribution in [1.29, 1.82) is 0 Å². The van der Waals surface area contributed by atoms with Crippen LogP contribution in [0.3, 0.4) is 0 Å². The van der Waals surface area contributed by atoms with E-state index in [2.05, 4.69) is 4.72 Å². The zero-order valence-electron chi connectivity index (χ0n) is 16.9. The minimum absolute atomic E-state index is 0.0140. The fraction of sp³-hybridized carbons (Fsp3) is 0.882. The first-order chi connectivity index (χ1) is 13.1. The van der Waals surface area contributed by atoms with Gasteiger partial charge in [0.1, 0.15) is 0 Å². The Morgan fingerprint density at radius 3 is 1.79 bits per heavy atom. The van der Waals surface area contributed by atoms with Crippen molar-refractivity contribution in [3.05, 3.63) is 0 Å². The predicted octanol–water partition coefficient (Wildman–Crippen LogP) is 0.879. The minimum Gasteiger partial charge on any atom is -0.481 e. The zero-order valence-corrected chi connectivity index (χ0v) is 18.5. The number of primary sulfonamides is 1. The lowest BCUT2D eigenvalue weighted by Crippen LogP contribution is -2.44. The van der Waals surface area contributed by atoms with Gasteiger partial charge in [0.05, 0.1) is 22.3 Å². The molecule has 1 aliphatic rings. The molecule has 0 aromatic heterocycles. The lowest BCUT2D eigenvalue weighted by atomic mass is 9.81. The van der Waals surface area contributed by atoms with Crippen LogP contribution >= 0.6 is 0 Å². The molecule has 0 amide bonds. The molecule has 1 aliphatic carbocycles. The summed E-state index contributed by atoms with van der Waals surface area (Å²) in [5, 5.41) is 23.9. The van der Waals surface area contributed by atoms with Crippen LogP contribution in [0.15, 0.2) is 0 Å². The molecule has 0 saturated heterocycles. The second-order valence-electron chi connectivity index (χ2n) is 8.60. The van der Waals surface area contributed by atoms with E-state index in [-0.39, 0.29) is 25.3 Å². The first kappa shape index (κ1) is 25.8. The van der Waals surface area contributed by atoms with Gasteiger partial charge in [0, 0.05) is 6.04 Å². The highest BCUT2D eigenvalue weighted by atomic mass is 32.2. The van der Waals surface area contributed by atoms with Gasteiger partial charge in [0.2, 0.25) is 20.0 Å². The van der Waals surface area contributed by atoms with Crippen molar-refractivity contribution in [3.8, 4) is 0 Å². The number of hydrogen-bond acceptors (Lipinski definition) is 6. The lowest BCUT2D eigenvalue weighted by Gasteiger charge is -2.29. The Bertz CT molecular complexity index is 805. The molecule has 0 aliphatic heterocycles. The molecule has 0 heterocycles. The maximum Gasteiger partial charge on any atom is 0.310 e. The lowest BCUT2D eigenvalue weighted by molar-refractivity contribution is -0.147. The van der Waals surface area contributed by atoms with Gasteiger partial charge in [-0.3, -0.25) is 9.59 Å². The van der Waals surface area contributed by atoms with E-state index >= 15 is 0 Å². The quantitative estimate of drug-likeness (QED) is 0.334. The van der Waals surface area contributed by atoms with Crippen molar-refractivity contribution in [2.75, 3.05) is 11.5 Å². The number of carbonyl (C=O) groups is 2. The third-order valence-electron chi connectivity index (χ3n) is 5.47. The Labute approximate surface area is 172 Å². The molecule has 1 saturated carbocycles. The van der Waals surface area contributed by atoms with Crippen LogP contribution < -0.4 is 9.86 Å². The van der Waals surface area contributed by atoms with Crippen molar-refractivity contribution in [2.45, 2.75) is 71.3 Å². The smallest absolute Gasteiger partial charge is 0.310 e. The molecule has 1 rings (SSSR count). The van der Waals surface area contributed by atoms with Gasteiger partial charge in [-0.1, -0.05) is 25.7 Å². The summed E-state index contributed by atoms with van der Waals surface area (Å²) in [6.45, 7) is 2.52. The van der Waals surface area contributed by atoms with Crippen LogP contribution in [0.4, 0.5) is 0 Å². The molecule has 29 heavy (non-hydrogen) atoms. The van der Waals surface area contributed by atoms with Gasteiger partial charge in [0.25, 0.3) is 0 Å². The number of carboxylic acids is 2. The number of nitrogens with one attached hydrogen (secondary N) is 1. The van der Waals surface area contributed by atoms with Gasteiger partial charge < -0.3 is 10.2 Å². The maximum atomic E-state index is 12.5. The van der Waals surface area contributed by atoms with E-state index in [1.807, 2.05) is 0 Å². The number of aliphatic carboxylic acids is 2. The summed E-state index contributed by atoms with van der Waals surface area (Å²) in [6, 6.07) is -0.197. The molecule has 2 atom stereocenters. The summed E-state index contributed by atoms with van der Waals surface area (Å²) in [4.78, 5) is 23.3. The predicted molar refractivity (Wildman–Crippen MR) is 107 cm³/mol. The molecule has 0 radical (unpaired) electrons. The number of carboxylic acid groups (broad SMARTS) is 2. The first-order valence-corrected chi connectivity index (χ1v) is 12.9. The number of rotatable bonds is 12. The maximum absolute atomic E-state index is 12.5. The largest absolute Gasteiger partial charge is 0.481 e. The summed E-state index contributed by atoms with van der Waals surface area (Å²) in [5.41, 5.74) is -3.33. The fourth-order valence-electron chi connectivity index (χ4n) is 3.73. The van der Waals surface area contributed by atoms with Crippen molar-refractivity contribution >= 4 is 32.0 Å². The standard InChI is InChI=1S/C17H32N2O8S2/c1-16(14(20)21,11-28(18,24)25)9-6-10-17(2,15(22)23)12-29(26,27)19-13-7-4-3-5-8-13/h13,19H,3-12H2,1-2H3,(H,20,21)(H,22,23)(H2,18,24,25). The van der Waals surface area contributed by atoms with E-state index in [9.17, 15) is 36.6 Å². The summed E-state index contributed by atoms with van der Waals surface area (Å²) in [6.07, 6.45) is 4.05. The Morgan fingerprint density at radius 2 is 1.38 bits per heavy atom. The number of nitrogens with two attached hydrogens (primary N) is 1. The van der Waals surface area contributed by atoms with Crippen molar-refractivity contribution in [2.24, 2.45) is 16.0 Å². The summed E-state index contributed by atoms with van der Waals surface area (Å²) < 4.78 is 50.3. The minimum atomic E-state index is -4.06. The van der Waals surface area contributed by atoms with Gasteiger partial charge in [-0.2, -0.15) is 0 Å². The molecule has 0 spiro atoms. The van der Waals surface area contributed by atoms with Crippen LogP contribution in [0.2, 0.25) is 0 Å². The Hall–Kier alpha value is -1.24. The van der Waals surface area contributed by atoms with Crippen LogP contribution in [0.1, 0.15) is 65.2 Å². The van der Waals surface area contributed by atoms with Crippen molar-refractivity contribution in [1.82, 2.24) is 4.72 Å². The van der Waals surface area contributed by atoms with Gasteiger partial charge >= 0.3 is 11.9 Å².